The molecule has 5 heteroatoms. The number of amides is 1. The van der Waals surface area contributed by atoms with Gasteiger partial charge in [-0.25, -0.2) is 4.79 Å². The number of hydrogen-bond donors (Lipinski definition) is 2. The van der Waals surface area contributed by atoms with Crippen molar-refractivity contribution in [2.75, 3.05) is 6.54 Å². The van der Waals surface area contributed by atoms with Crippen molar-refractivity contribution < 1.29 is 9.53 Å². The largest absolute Gasteiger partial charge is 0.444 e. The van der Waals surface area contributed by atoms with Crippen molar-refractivity contribution in [3.63, 3.8) is 0 Å². The van der Waals surface area contributed by atoms with E-state index in [0.717, 1.165) is 4.88 Å². The summed E-state index contributed by atoms with van der Waals surface area (Å²) in [7, 11) is 0. The Morgan fingerprint density at radius 3 is 2.75 bits per heavy atom. The first-order valence-electron chi connectivity index (χ1n) is 6.56. The molecular weight excluding hydrogens is 272 g/mol. The number of hydrogen-bond acceptors (Lipinski definition) is 4. The number of fused-ring (bicyclic) bond motifs is 1. The molecule has 1 aromatic heterocycles. The van der Waals surface area contributed by atoms with Crippen LogP contribution in [-0.2, 0) is 4.74 Å². The van der Waals surface area contributed by atoms with Crippen LogP contribution >= 0.6 is 11.3 Å². The minimum absolute atomic E-state index is 0.222. The average molecular weight is 292 g/mol. The maximum absolute atomic E-state index is 11.6. The topological polar surface area (TPSA) is 64.3 Å². The third-order valence-corrected chi connectivity index (χ3v) is 3.92. The van der Waals surface area contributed by atoms with E-state index in [9.17, 15) is 4.79 Å². The monoisotopic (exact) mass is 292 g/mol. The second-order valence-corrected chi connectivity index (χ2v) is 6.79. The fourth-order valence-corrected chi connectivity index (χ4v) is 2.86. The molecule has 0 saturated heterocycles. The lowest BCUT2D eigenvalue weighted by molar-refractivity contribution is 0.0524. The molecule has 0 spiro atoms. The molecule has 1 amide bonds. The van der Waals surface area contributed by atoms with Gasteiger partial charge in [0.2, 0.25) is 0 Å². The van der Waals surface area contributed by atoms with Crippen LogP contribution in [0.1, 0.15) is 31.7 Å². The quantitative estimate of drug-likeness (QED) is 0.911. The van der Waals surface area contributed by atoms with Crippen molar-refractivity contribution in [3.8, 4) is 0 Å². The highest BCUT2D eigenvalue weighted by molar-refractivity contribution is 7.19. The number of nitrogens with two attached hydrogens (primary N) is 1. The summed E-state index contributed by atoms with van der Waals surface area (Å²) >= 11 is 1.65. The third kappa shape index (κ3) is 3.95. The van der Waals surface area contributed by atoms with Gasteiger partial charge in [0.25, 0.3) is 0 Å². The Morgan fingerprint density at radius 1 is 1.40 bits per heavy atom. The van der Waals surface area contributed by atoms with Crippen LogP contribution in [0.25, 0.3) is 10.1 Å². The van der Waals surface area contributed by atoms with Gasteiger partial charge in [-0.2, -0.15) is 0 Å². The molecule has 2 aromatic rings. The number of benzene rings is 1. The number of carbonyl (C=O) groups excluding carboxylic acids is 1. The van der Waals surface area contributed by atoms with Gasteiger partial charge in [0.05, 0.1) is 6.04 Å². The Labute approximate surface area is 122 Å². The summed E-state index contributed by atoms with van der Waals surface area (Å²) in [5.41, 5.74) is 5.62. The second-order valence-electron chi connectivity index (χ2n) is 5.68. The predicted molar refractivity (Wildman–Crippen MR) is 83.0 cm³/mol. The number of carbonyl (C=O) groups is 1. The van der Waals surface area contributed by atoms with Crippen molar-refractivity contribution in [1.82, 2.24) is 5.32 Å². The minimum Gasteiger partial charge on any atom is -0.444 e. The van der Waals surface area contributed by atoms with Gasteiger partial charge in [0.15, 0.2) is 0 Å². The molecular formula is C15H20N2O2S. The highest BCUT2D eigenvalue weighted by atomic mass is 32.1. The van der Waals surface area contributed by atoms with Gasteiger partial charge in [-0.1, -0.05) is 18.2 Å². The van der Waals surface area contributed by atoms with Crippen LogP contribution in [0, 0.1) is 0 Å². The Kier molecular flexibility index (Phi) is 4.30. The highest BCUT2D eigenvalue weighted by Gasteiger charge is 2.17. The molecule has 0 bridgehead atoms. The predicted octanol–water partition coefficient (Wildman–Crippen LogP) is 3.43. The number of alkyl carbamates (subject to hydrolysis) is 1. The van der Waals surface area contributed by atoms with Crippen molar-refractivity contribution in [1.29, 1.82) is 0 Å². The second kappa shape index (κ2) is 5.81. The highest BCUT2D eigenvalue weighted by Crippen LogP contribution is 2.28. The third-order valence-electron chi connectivity index (χ3n) is 2.68. The molecule has 0 aliphatic heterocycles. The van der Waals surface area contributed by atoms with Crippen molar-refractivity contribution in [3.05, 3.63) is 35.2 Å². The molecule has 2 rings (SSSR count). The van der Waals surface area contributed by atoms with Crippen LogP contribution in [0.15, 0.2) is 30.3 Å². The lowest BCUT2D eigenvalue weighted by Crippen LogP contribution is -2.36. The molecule has 4 nitrogen and oxygen atoms in total. The van der Waals surface area contributed by atoms with Gasteiger partial charge >= 0.3 is 6.09 Å². The first kappa shape index (κ1) is 14.8. The number of ether oxygens (including phenoxy) is 1. The SMILES string of the molecule is CC(C)(C)OC(=O)NCC(N)c1cc2ccccc2s1. The molecule has 1 atom stereocenters. The van der Waals surface area contributed by atoms with Crippen LogP contribution in [-0.4, -0.2) is 18.2 Å². The zero-order valence-corrected chi connectivity index (χ0v) is 12.8. The van der Waals surface area contributed by atoms with Gasteiger partial charge in [-0.05, 0) is 38.3 Å². The zero-order valence-electron chi connectivity index (χ0n) is 12.0. The van der Waals surface area contributed by atoms with E-state index in [0.29, 0.717) is 6.54 Å². The Bertz CT molecular complexity index is 568. The van der Waals surface area contributed by atoms with E-state index in [-0.39, 0.29) is 6.04 Å². The first-order chi connectivity index (χ1) is 9.35. The molecule has 0 fully saturated rings. The van der Waals surface area contributed by atoms with E-state index in [1.807, 2.05) is 32.9 Å². The van der Waals surface area contributed by atoms with Gasteiger partial charge in [-0.3, -0.25) is 0 Å². The Balaban J connectivity index is 1.95. The number of rotatable bonds is 3. The van der Waals surface area contributed by atoms with Crippen LogP contribution in [0.2, 0.25) is 0 Å². The first-order valence-corrected chi connectivity index (χ1v) is 7.38. The van der Waals surface area contributed by atoms with Gasteiger partial charge in [0, 0.05) is 16.1 Å². The van der Waals surface area contributed by atoms with Crippen molar-refractivity contribution >= 4 is 27.5 Å². The lowest BCUT2D eigenvalue weighted by atomic mass is 10.2. The smallest absolute Gasteiger partial charge is 0.407 e. The fourth-order valence-electron chi connectivity index (χ4n) is 1.79. The maximum Gasteiger partial charge on any atom is 0.407 e. The Hall–Kier alpha value is -1.59. The summed E-state index contributed by atoms with van der Waals surface area (Å²) in [6.07, 6.45) is -0.436. The van der Waals surface area contributed by atoms with Crippen molar-refractivity contribution in [2.45, 2.75) is 32.4 Å². The molecule has 108 valence electrons. The van der Waals surface area contributed by atoms with E-state index in [2.05, 4.69) is 23.5 Å². The summed E-state index contributed by atoms with van der Waals surface area (Å²) in [5.74, 6) is 0. The lowest BCUT2D eigenvalue weighted by Gasteiger charge is -2.20. The van der Waals surface area contributed by atoms with E-state index in [1.165, 1.54) is 10.1 Å². The number of nitrogens with one attached hydrogen (secondary N) is 1. The molecule has 20 heavy (non-hydrogen) atoms. The molecule has 1 unspecified atom stereocenters. The van der Waals surface area contributed by atoms with Gasteiger partial charge in [0.1, 0.15) is 5.60 Å². The number of thiophene rings is 1. The van der Waals surface area contributed by atoms with Crippen LogP contribution < -0.4 is 11.1 Å². The minimum atomic E-state index is -0.494. The van der Waals surface area contributed by atoms with Crippen LogP contribution in [0.4, 0.5) is 4.79 Å². The summed E-state index contributed by atoms with van der Waals surface area (Å²) in [4.78, 5) is 12.6. The molecule has 3 N–H and O–H groups in total. The van der Waals surface area contributed by atoms with Gasteiger partial charge in [-0.15, -0.1) is 11.3 Å². The van der Waals surface area contributed by atoms with Crippen molar-refractivity contribution in [2.24, 2.45) is 5.73 Å². The molecule has 0 saturated carbocycles. The van der Waals surface area contributed by atoms with E-state index in [4.69, 9.17) is 10.5 Å². The standard InChI is InChI=1S/C15H20N2O2S/c1-15(2,3)19-14(18)17-9-11(16)13-8-10-6-4-5-7-12(10)20-13/h4-8,11H,9,16H2,1-3H3,(H,17,18). The summed E-state index contributed by atoms with van der Waals surface area (Å²) in [5, 5.41) is 3.88. The summed E-state index contributed by atoms with van der Waals surface area (Å²) in [6, 6.07) is 9.98. The molecule has 1 aromatic carbocycles. The zero-order chi connectivity index (χ0) is 14.8. The Morgan fingerprint density at radius 2 is 2.10 bits per heavy atom. The van der Waals surface area contributed by atoms with E-state index < -0.39 is 11.7 Å². The molecule has 0 radical (unpaired) electrons. The fraction of sp³-hybridized carbons (Fsp3) is 0.400. The molecule has 0 aliphatic carbocycles. The summed E-state index contributed by atoms with van der Waals surface area (Å²) < 4.78 is 6.38. The van der Waals surface area contributed by atoms with E-state index >= 15 is 0 Å². The molecule has 0 aliphatic rings. The van der Waals surface area contributed by atoms with Gasteiger partial charge < -0.3 is 15.8 Å². The average Bonchev–Trinajstić information content (AvgIpc) is 2.77. The summed E-state index contributed by atoms with van der Waals surface area (Å²) in [6.45, 7) is 5.86. The van der Waals surface area contributed by atoms with Crippen LogP contribution in [0.3, 0.4) is 0 Å². The van der Waals surface area contributed by atoms with Crippen LogP contribution in [0.5, 0.6) is 0 Å². The maximum atomic E-state index is 11.6. The normalized spacial score (nSPS) is 13.2. The van der Waals surface area contributed by atoms with E-state index in [1.54, 1.807) is 11.3 Å². The molecule has 1 heterocycles.